The third-order valence-electron chi connectivity index (χ3n) is 9.92. The number of fused-ring (bicyclic) bond motifs is 1. The number of amides is 3. The molecule has 2 heterocycles. The maximum atomic E-state index is 13.8. The highest BCUT2D eigenvalue weighted by molar-refractivity contribution is 5.98. The van der Waals surface area contributed by atoms with Crippen molar-refractivity contribution in [3.05, 3.63) is 66.9 Å². The van der Waals surface area contributed by atoms with E-state index in [1.165, 1.54) is 0 Å². The number of aromatic nitrogens is 1. The Morgan fingerprint density at radius 1 is 0.952 bits per heavy atom. The van der Waals surface area contributed by atoms with Gasteiger partial charge in [0, 0.05) is 35.8 Å². The zero-order valence-electron chi connectivity index (χ0n) is 24.3. The van der Waals surface area contributed by atoms with Crippen molar-refractivity contribution in [3.63, 3.8) is 0 Å². The number of para-hydroxylation sites is 2. The molecule has 1 aromatic heterocycles. The van der Waals surface area contributed by atoms with Crippen molar-refractivity contribution in [2.45, 2.75) is 58.1 Å². The molecule has 3 N–H and O–H groups in total. The van der Waals surface area contributed by atoms with E-state index >= 15 is 0 Å². The summed E-state index contributed by atoms with van der Waals surface area (Å²) in [6.45, 7) is 5.27. The average molecular weight is 566 g/mol. The van der Waals surface area contributed by atoms with Gasteiger partial charge in [0.2, 0.25) is 5.91 Å². The van der Waals surface area contributed by atoms with E-state index in [2.05, 4.69) is 45.5 Å². The monoisotopic (exact) mass is 565 g/mol. The molecular formula is C34H39N5O3. The summed E-state index contributed by atoms with van der Waals surface area (Å²) in [5, 5.41) is 3.42. The van der Waals surface area contributed by atoms with Crippen LogP contribution in [-0.4, -0.2) is 42.2 Å². The smallest absolute Gasteiger partial charge is 0.322 e. The maximum Gasteiger partial charge on any atom is 0.322 e. The van der Waals surface area contributed by atoms with Crippen LogP contribution in [0, 0.1) is 23.2 Å². The summed E-state index contributed by atoms with van der Waals surface area (Å²) >= 11 is 0. The molecule has 3 aromatic rings. The maximum absolute atomic E-state index is 13.8. The molecule has 0 saturated heterocycles. The van der Waals surface area contributed by atoms with Crippen LogP contribution >= 0.6 is 0 Å². The van der Waals surface area contributed by atoms with Crippen molar-refractivity contribution in [1.82, 2.24) is 10.3 Å². The molecule has 8 rings (SSSR count). The van der Waals surface area contributed by atoms with Gasteiger partial charge in [0.05, 0.1) is 29.4 Å². The van der Waals surface area contributed by atoms with E-state index in [1.54, 1.807) is 6.20 Å². The Labute approximate surface area is 247 Å². The molecule has 8 nitrogen and oxygen atoms in total. The van der Waals surface area contributed by atoms with Gasteiger partial charge in [0.25, 0.3) is 0 Å². The first-order valence-electron chi connectivity index (χ1n) is 15.3. The van der Waals surface area contributed by atoms with E-state index in [0.29, 0.717) is 30.8 Å². The summed E-state index contributed by atoms with van der Waals surface area (Å²) < 4.78 is 5.72. The molecule has 42 heavy (non-hydrogen) atoms. The highest BCUT2D eigenvalue weighted by Gasteiger charge is 2.58. The fourth-order valence-electron chi connectivity index (χ4n) is 8.33. The van der Waals surface area contributed by atoms with Crippen LogP contribution in [0.4, 0.5) is 21.9 Å². The van der Waals surface area contributed by atoms with Gasteiger partial charge in [-0.05, 0) is 100 Å². The molecule has 0 radical (unpaired) electrons. The molecule has 4 aliphatic carbocycles. The number of hydrogen-bond donors (Lipinski definition) is 2. The van der Waals surface area contributed by atoms with Crippen molar-refractivity contribution < 1.29 is 14.3 Å². The lowest BCUT2D eigenvalue weighted by Crippen LogP contribution is -2.63. The van der Waals surface area contributed by atoms with Crippen molar-refractivity contribution in [2.75, 3.05) is 22.9 Å². The molecule has 0 spiro atoms. The second-order valence-electron chi connectivity index (χ2n) is 13.0. The minimum atomic E-state index is -0.354. The first-order valence-corrected chi connectivity index (χ1v) is 15.3. The van der Waals surface area contributed by atoms with Crippen LogP contribution < -0.4 is 25.6 Å². The van der Waals surface area contributed by atoms with Gasteiger partial charge in [-0.1, -0.05) is 24.3 Å². The lowest BCUT2D eigenvalue weighted by Gasteiger charge is -2.59. The van der Waals surface area contributed by atoms with Gasteiger partial charge in [-0.3, -0.25) is 14.7 Å². The molecule has 218 valence electrons. The van der Waals surface area contributed by atoms with Crippen molar-refractivity contribution >= 4 is 29.0 Å². The van der Waals surface area contributed by atoms with E-state index in [0.717, 1.165) is 66.2 Å². The Hall–Kier alpha value is -4.07. The minimum Gasteiger partial charge on any atom is -0.489 e. The van der Waals surface area contributed by atoms with Gasteiger partial charge in [-0.15, -0.1) is 0 Å². The van der Waals surface area contributed by atoms with E-state index in [4.69, 9.17) is 10.5 Å². The van der Waals surface area contributed by atoms with Gasteiger partial charge in [0.15, 0.2) is 0 Å². The van der Waals surface area contributed by atoms with Gasteiger partial charge in [-0.2, -0.15) is 0 Å². The Balaban J connectivity index is 1.07. The molecule has 1 aliphatic heterocycles. The predicted molar refractivity (Wildman–Crippen MR) is 164 cm³/mol. The molecule has 2 atom stereocenters. The van der Waals surface area contributed by atoms with Crippen molar-refractivity contribution in [1.29, 1.82) is 0 Å². The second-order valence-corrected chi connectivity index (χ2v) is 13.0. The van der Waals surface area contributed by atoms with E-state index in [9.17, 15) is 9.59 Å². The number of primary amides is 1. The number of anilines is 3. The third kappa shape index (κ3) is 4.67. The molecule has 3 amide bonds. The first-order chi connectivity index (χ1) is 20.3. The van der Waals surface area contributed by atoms with Crippen molar-refractivity contribution in [2.24, 2.45) is 28.9 Å². The van der Waals surface area contributed by atoms with Crippen molar-refractivity contribution in [3.8, 4) is 17.0 Å². The number of nitrogens with zero attached hydrogens (tertiary/aromatic N) is 3. The van der Waals surface area contributed by atoms with Crippen LogP contribution in [0.5, 0.6) is 5.75 Å². The predicted octanol–water partition coefficient (Wildman–Crippen LogP) is 5.88. The lowest BCUT2D eigenvalue weighted by atomic mass is 9.47. The highest BCUT2D eigenvalue weighted by Crippen LogP contribution is 2.60. The number of ether oxygens (including phenoxy) is 1. The molecule has 2 aromatic carbocycles. The summed E-state index contributed by atoms with van der Waals surface area (Å²) in [4.78, 5) is 34.9. The molecular weight excluding hydrogens is 526 g/mol. The van der Waals surface area contributed by atoms with Gasteiger partial charge in [0.1, 0.15) is 5.75 Å². The van der Waals surface area contributed by atoms with Gasteiger partial charge in [-0.25, -0.2) is 4.79 Å². The topological polar surface area (TPSA) is 101 Å². The van der Waals surface area contributed by atoms with Crippen LogP contribution in [0.2, 0.25) is 0 Å². The highest BCUT2D eigenvalue weighted by atomic mass is 16.5. The Kier molecular flexibility index (Phi) is 6.59. The summed E-state index contributed by atoms with van der Waals surface area (Å²) in [5.74, 6) is 1.84. The Morgan fingerprint density at radius 2 is 1.67 bits per heavy atom. The molecule has 4 saturated carbocycles. The number of pyridine rings is 1. The largest absolute Gasteiger partial charge is 0.489 e. The SMILES string of the molecule is CC(C)Oc1ccc(-c2ccc(N3CCN(C(=O)NC4C5CC6CC4CC(C(N)=O)(C6)C5)c4ccccc43)cc2)nc1. The summed E-state index contributed by atoms with van der Waals surface area (Å²) in [6.07, 6.45) is 6.60. The van der Waals surface area contributed by atoms with Crippen LogP contribution in [0.15, 0.2) is 66.9 Å². The number of urea groups is 1. The third-order valence-corrected chi connectivity index (χ3v) is 9.92. The molecule has 8 heteroatoms. The van der Waals surface area contributed by atoms with E-state index in [-0.39, 0.29) is 29.5 Å². The molecule has 4 fully saturated rings. The number of hydrogen-bond acceptors (Lipinski definition) is 5. The zero-order chi connectivity index (χ0) is 29.0. The lowest BCUT2D eigenvalue weighted by molar-refractivity contribution is -0.145. The molecule has 4 bridgehead atoms. The summed E-state index contributed by atoms with van der Waals surface area (Å²) in [5.41, 5.74) is 10.4. The van der Waals surface area contributed by atoms with E-state index < -0.39 is 0 Å². The Bertz CT molecular complexity index is 1470. The standard InChI is InChI=1S/C34H39N5O3/c1-21(2)42-27-11-12-28(36-20-27)23-7-9-26(10-8-23)38-13-14-39(30-6-4-3-5-29(30)38)33(41)37-31-24-15-22-16-25(31)19-34(17-22,18-24)32(35)40/h3-12,20-22,24-25,31H,13-19H2,1-2H3,(H2,35,40)(H,37,41). The number of carbonyl (C=O) groups excluding carboxylic acids is 2. The summed E-state index contributed by atoms with van der Waals surface area (Å²) in [6, 6.07) is 20.5. The van der Waals surface area contributed by atoms with Gasteiger partial charge >= 0.3 is 6.03 Å². The quantitative estimate of drug-likeness (QED) is 0.389. The van der Waals surface area contributed by atoms with Crippen LogP contribution in [0.25, 0.3) is 11.3 Å². The molecule has 5 aliphatic rings. The van der Waals surface area contributed by atoms with Gasteiger partial charge < -0.3 is 20.7 Å². The number of carbonyl (C=O) groups is 2. The normalized spacial score (nSPS) is 27.6. The van der Waals surface area contributed by atoms with Crippen LogP contribution in [0.1, 0.15) is 46.0 Å². The van der Waals surface area contributed by atoms with E-state index in [1.807, 2.05) is 49.1 Å². The number of nitrogens with two attached hydrogens (primary N) is 1. The fraction of sp³-hybridized carbons (Fsp3) is 0.441. The first kappa shape index (κ1) is 26.8. The zero-order valence-corrected chi connectivity index (χ0v) is 24.3. The minimum absolute atomic E-state index is 0.0426. The Morgan fingerprint density at radius 3 is 2.31 bits per heavy atom. The second kappa shape index (κ2) is 10.3. The number of nitrogens with one attached hydrogen (secondary N) is 1. The van der Waals surface area contributed by atoms with Crippen LogP contribution in [0.3, 0.4) is 0 Å². The average Bonchev–Trinajstić information content (AvgIpc) is 2.98. The molecule has 2 unspecified atom stereocenters. The fourth-order valence-corrected chi connectivity index (χ4v) is 8.33. The summed E-state index contributed by atoms with van der Waals surface area (Å²) in [7, 11) is 0. The van der Waals surface area contributed by atoms with Crippen LogP contribution in [-0.2, 0) is 4.79 Å². The number of benzene rings is 2. The number of rotatable bonds is 6.